The maximum Gasteiger partial charge on any atom is 0.240 e. The van der Waals surface area contributed by atoms with Crippen LogP contribution in [0.2, 0.25) is 0 Å². The van der Waals surface area contributed by atoms with Crippen LogP contribution in [0, 0.1) is 11.7 Å². The molecule has 0 saturated carbocycles. The van der Waals surface area contributed by atoms with Gasteiger partial charge in [0.25, 0.3) is 0 Å². The summed E-state index contributed by atoms with van der Waals surface area (Å²) in [7, 11) is -3.76. The van der Waals surface area contributed by atoms with Crippen LogP contribution in [0.3, 0.4) is 0 Å². The summed E-state index contributed by atoms with van der Waals surface area (Å²) in [4.78, 5) is -0.183. The van der Waals surface area contributed by atoms with Crippen molar-refractivity contribution in [1.29, 1.82) is 0 Å². The van der Waals surface area contributed by atoms with Gasteiger partial charge in [-0.2, -0.15) is 0 Å². The van der Waals surface area contributed by atoms with Crippen molar-refractivity contribution >= 4 is 15.7 Å². The van der Waals surface area contributed by atoms with Crippen molar-refractivity contribution in [3.63, 3.8) is 0 Å². The summed E-state index contributed by atoms with van der Waals surface area (Å²) in [6.45, 7) is 5.17. The Labute approximate surface area is 119 Å². The van der Waals surface area contributed by atoms with Gasteiger partial charge in [0, 0.05) is 18.8 Å². The van der Waals surface area contributed by atoms with Gasteiger partial charge in [0.15, 0.2) is 0 Å². The van der Waals surface area contributed by atoms with Gasteiger partial charge in [-0.1, -0.05) is 13.8 Å². The molecular formula is C13H21FN2O3S. The molecule has 5 nitrogen and oxygen atoms in total. The molecule has 114 valence electrons. The Morgan fingerprint density at radius 1 is 1.30 bits per heavy atom. The summed E-state index contributed by atoms with van der Waals surface area (Å²) in [6.07, 6.45) is 0.924. The molecule has 0 heterocycles. The molecule has 0 radical (unpaired) electrons. The zero-order valence-corrected chi connectivity index (χ0v) is 12.5. The molecule has 0 aromatic heterocycles. The molecule has 3 N–H and O–H groups in total. The molecule has 1 aromatic carbocycles. The highest BCUT2D eigenvalue weighted by Crippen LogP contribution is 2.15. The third-order valence-corrected chi connectivity index (χ3v) is 4.02. The Morgan fingerprint density at radius 3 is 2.60 bits per heavy atom. The third-order valence-electron chi connectivity index (χ3n) is 2.58. The number of halogens is 1. The number of hydrogen-bond acceptors (Lipinski definition) is 4. The number of benzene rings is 1. The highest BCUT2D eigenvalue weighted by Gasteiger charge is 2.15. The number of rotatable bonds is 8. The molecule has 0 bridgehead atoms. The van der Waals surface area contributed by atoms with Gasteiger partial charge in [0.2, 0.25) is 10.0 Å². The number of anilines is 1. The average Bonchev–Trinajstić information content (AvgIpc) is 2.32. The molecule has 1 rings (SSSR count). The van der Waals surface area contributed by atoms with Crippen LogP contribution < -0.4 is 10.5 Å². The van der Waals surface area contributed by atoms with Crippen molar-refractivity contribution < 1.29 is 17.5 Å². The molecule has 20 heavy (non-hydrogen) atoms. The van der Waals surface area contributed by atoms with E-state index in [4.69, 9.17) is 10.5 Å². The Balaban J connectivity index is 2.46. The standard InChI is InChI=1S/C13H21FN2O3S/c1-10(2)3-5-19-6-4-16-20(17,18)13-8-11(14)7-12(15)9-13/h7-10,16H,3-6,15H2,1-2H3. The highest BCUT2D eigenvalue weighted by molar-refractivity contribution is 7.89. The van der Waals surface area contributed by atoms with Crippen molar-refractivity contribution in [2.75, 3.05) is 25.5 Å². The van der Waals surface area contributed by atoms with Gasteiger partial charge >= 0.3 is 0 Å². The predicted octanol–water partition coefficient (Wildman–Crippen LogP) is 1.75. The van der Waals surface area contributed by atoms with Crippen LogP contribution in [-0.2, 0) is 14.8 Å². The van der Waals surface area contributed by atoms with Crippen LogP contribution >= 0.6 is 0 Å². The highest BCUT2D eigenvalue weighted by atomic mass is 32.2. The molecule has 0 aliphatic heterocycles. The molecule has 0 fully saturated rings. The Bertz CT molecular complexity index is 512. The number of nitrogen functional groups attached to an aromatic ring is 1. The molecule has 1 aromatic rings. The smallest absolute Gasteiger partial charge is 0.240 e. The monoisotopic (exact) mass is 304 g/mol. The fourth-order valence-electron chi connectivity index (χ4n) is 1.49. The van der Waals surface area contributed by atoms with Gasteiger partial charge in [0.05, 0.1) is 11.5 Å². The van der Waals surface area contributed by atoms with Crippen LogP contribution in [0.5, 0.6) is 0 Å². The zero-order valence-electron chi connectivity index (χ0n) is 11.7. The maximum absolute atomic E-state index is 13.1. The van der Waals surface area contributed by atoms with E-state index < -0.39 is 15.8 Å². The number of sulfonamides is 1. The molecule has 0 spiro atoms. The van der Waals surface area contributed by atoms with E-state index in [9.17, 15) is 12.8 Å². The summed E-state index contributed by atoms with van der Waals surface area (Å²) in [5.41, 5.74) is 5.49. The molecule has 0 amide bonds. The third kappa shape index (κ3) is 5.85. The number of hydrogen-bond donors (Lipinski definition) is 2. The van der Waals surface area contributed by atoms with E-state index in [1.165, 1.54) is 6.07 Å². The van der Waals surface area contributed by atoms with Crippen molar-refractivity contribution in [2.24, 2.45) is 5.92 Å². The van der Waals surface area contributed by atoms with Crippen LogP contribution in [0.15, 0.2) is 23.1 Å². The maximum atomic E-state index is 13.1. The van der Waals surface area contributed by atoms with E-state index in [1.807, 2.05) is 0 Å². The minimum Gasteiger partial charge on any atom is -0.399 e. The lowest BCUT2D eigenvalue weighted by molar-refractivity contribution is 0.128. The molecule has 0 aliphatic carbocycles. The number of nitrogens with one attached hydrogen (secondary N) is 1. The second-order valence-electron chi connectivity index (χ2n) is 4.91. The van der Waals surface area contributed by atoms with E-state index >= 15 is 0 Å². The minimum atomic E-state index is -3.76. The van der Waals surface area contributed by atoms with Gasteiger partial charge < -0.3 is 10.5 Å². The van der Waals surface area contributed by atoms with E-state index in [0.717, 1.165) is 18.6 Å². The molecule has 0 unspecified atom stereocenters. The van der Waals surface area contributed by atoms with E-state index in [2.05, 4.69) is 18.6 Å². The van der Waals surface area contributed by atoms with Gasteiger partial charge in [-0.3, -0.25) is 0 Å². The Kier molecular flexibility index (Phi) is 6.38. The van der Waals surface area contributed by atoms with Crippen LogP contribution in [0.1, 0.15) is 20.3 Å². The van der Waals surface area contributed by atoms with Crippen LogP contribution in [-0.4, -0.2) is 28.2 Å². The largest absolute Gasteiger partial charge is 0.399 e. The summed E-state index contributed by atoms with van der Waals surface area (Å²) < 4.78 is 44.5. The molecule has 0 atom stereocenters. The summed E-state index contributed by atoms with van der Waals surface area (Å²) >= 11 is 0. The lowest BCUT2D eigenvalue weighted by Crippen LogP contribution is -2.27. The SMILES string of the molecule is CC(C)CCOCCNS(=O)(=O)c1cc(N)cc(F)c1. The Morgan fingerprint density at radius 2 is 2.00 bits per heavy atom. The molecule has 7 heteroatoms. The van der Waals surface area contributed by atoms with Crippen molar-refractivity contribution in [2.45, 2.75) is 25.2 Å². The second-order valence-corrected chi connectivity index (χ2v) is 6.68. The van der Waals surface area contributed by atoms with E-state index in [0.29, 0.717) is 12.5 Å². The Hall–Kier alpha value is -1.18. The minimum absolute atomic E-state index is 0.0681. The summed E-state index contributed by atoms with van der Waals surface area (Å²) in [6, 6.07) is 3.21. The fraction of sp³-hybridized carbons (Fsp3) is 0.538. The summed E-state index contributed by atoms with van der Waals surface area (Å²) in [5.74, 6) is -0.138. The van der Waals surface area contributed by atoms with E-state index in [-0.39, 0.29) is 23.7 Å². The van der Waals surface area contributed by atoms with Gasteiger partial charge in [-0.25, -0.2) is 17.5 Å². The lowest BCUT2D eigenvalue weighted by atomic mass is 10.1. The summed E-state index contributed by atoms with van der Waals surface area (Å²) in [5, 5.41) is 0. The lowest BCUT2D eigenvalue weighted by Gasteiger charge is -2.09. The second kappa shape index (κ2) is 7.56. The first kappa shape index (κ1) is 16.9. The fourth-order valence-corrected chi connectivity index (χ4v) is 2.57. The first-order valence-corrected chi connectivity index (χ1v) is 7.93. The van der Waals surface area contributed by atoms with Gasteiger partial charge in [-0.05, 0) is 30.5 Å². The van der Waals surface area contributed by atoms with Crippen molar-refractivity contribution in [1.82, 2.24) is 4.72 Å². The normalized spacial score (nSPS) is 12.0. The van der Waals surface area contributed by atoms with Crippen molar-refractivity contribution in [3.8, 4) is 0 Å². The molecular weight excluding hydrogens is 283 g/mol. The number of nitrogens with two attached hydrogens (primary N) is 1. The topological polar surface area (TPSA) is 81.4 Å². The average molecular weight is 304 g/mol. The zero-order chi connectivity index (χ0) is 15.2. The predicted molar refractivity (Wildman–Crippen MR) is 76.3 cm³/mol. The first-order valence-electron chi connectivity index (χ1n) is 6.45. The van der Waals surface area contributed by atoms with Gasteiger partial charge in [-0.15, -0.1) is 0 Å². The number of ether oxygens (including phenoxy) is 1. The molecule has 0 aliphatic rings. The molecule has 0 saturated heterocycles. The van der Waals surface area contributed by atoms with Crippen LogP contribution in [0.4, 0.5) is 10.1 Å². The first-order chi connectivity index (χ1) is 9.31. The quantitative estimate of drug-likeness (QED) is 0.566. The van der Waals surface area contributed by atoms with E-state index in [1.54, 1.807) is 0 Å². The van der Waals surface area contributed by atoms with Crippen molar-refractivity contribution in [3.05, 3.63) is 24.0 Å². The van der Waals surface area contributed by atoms with Gasteiger partial charge in [0.1, 0.15) is 5.82 Å². The van der Waals surface area contributed by atoms with Crippen LogP contribution in [0.25, 0.3) is 0 Å².